The Bertz CT molecular complexity index is 1630. The number of primary amides is 1. The van der Waals surface area contributed by atoms with Crippen LogP contribution in [0.3, 0.4) is 0 Å². The van der Waals surface area contributed by atoms with Gasteiger partial charge in [-0.3, -0.25) is 28.8 Å². The molecule has 0 aromatic heterocycles. The Hall–Kier alpha value is -3.18. The minimum Gasteiger partial charge on any atom is -0.369 e. The number of rotatable bonds is 28. The van der Waals surface area contributed by atoms with Gasteiger partial charge in [0.05, 0.1) is 0 Å². The van der Waals surface area contributed by atoms with E-state index in [2.05, 4.69) is 144 Å². The zero-order valence-electron chi connectivity index (χ0n) is 59.2. The molecule has 0 heterocycles. The lowest BCUT2D eigenvalue weighted by atomic mass is 9.80. The summed E-state index contributed by atoms with van der Waals surface area (Å²) in [5.74, 6) is 2.46. The zero-order valence-corrected chi connectivity index (χ0v) is 59.2. The van der Waals surface area contributed by atoms with Crippen molar-refractivity contribution in [3.05, 3.63) is 0 Å². The number of nitrogens with two attached hydrogens (primary N) is 1. The molecule has 7 N–H and O–H groups in total. The molecule has 0 rings (SSSR count). The molecule has 0 bridgehead atoms. The fraction of sp³-hybridized carbons (Fsp3) is 0.912. The van der Waals surface area contributed by atoms with E-state index < -0.39 is 0 Å². The molecule has 0 aromatic carbocycles. The second-order valence-corrected chi connectivity index (χ2v) is 29.3. The van der Waals surface area contributed by atoms with Crippen molar-refractivity contribution in [3.63, 3.8) is 0 Å². The Morgan fingerprint density at radius 1 is 0.388 bits per heavy atom. The van der Waals surface area contributed by atoms with E-state index in [9.17, 15) is 28.8 Å². The number of amides is 6. The minimum absolute atomic E-state index is 0.0417. The van der Waals surface area contributed by atoms with E-state index in [-0.39, 0.29) is 97.4 Å². The lowest BCUT2D eigenvalue weighted by Crippen LogP contribution is -2.50. The lowest BCUT2D eigenvalue weighted by molar-refractivity contribution is -0.131. The fourth-order valence-electron chi connectivity index (χ4n) is 8.03. The van der Waals surface area contributed by atoms with Crippen molar-refractivity contribution in [2.75, 3.05) is 13.1 Å². The van der Waals surface area contributed by atoms with Gasteiger partial charge in [-0.05, 0) is 135 Å². The van der Waals surface area contributed by atoms with E-state index in [0.717, 1.165) is 70.9 Å². The summed E-state index contributed by atoms with van der Waals surface area (Å²) >= 11 is 0. The second kappa shape index (κ2) is 44.4. The van der Waals surface area contributed by atoms with Gasteiger partial charge in [0.2, 0.25) is 35.4 Å². The molecule has 12 nitrogen and oxygen atoms in total. The Morgan fingerprint density at radius 3 is 0.975 bits per heavy atom. The van der Waals surface area contributed by atoms with E-state index >= 15 is 0 Å². The summed E-state index contributed by atoms with van der Waals surface area (Å²) < 4.78 is 0. The first kappa shape index (κ1) is 88.1. The standard InChI is InChI=1S/2C14H29NO.2C13H27NO.C9H19NO.C5H11NO/c1-9-13(5,6)11(16)15-14(7,8)10-12(2,3)4;1-6-9-10-12(7-2)11-15-13(16)14(4,5)8-3;1-8-10(2)11(15)14-13(6,7)9-12(3,4)5;1-5-8-9-12(7-3)10-14-13(15)11(4)6-2;1-6-7(2)8(11)10-9(3,4)5;1-3-4(2)5(6)7/h9-10H2,1-8H3,(H,15,16);12H,6-11H2,1-5H3,(H,15,16);10H,8-9H2,1-7H3,(H,14,15);11-12H,5-10H2,1-4H3,(H,14,15);7H,6H2,1-5H3,(H,10,11);4H,3H2,1-2H3,(H2,6,7). The Labute approximate surface area is 498 Å². The number of nitrogens with one attached hydrogen (secondary N) is 5. The van der Waals surface area contributed by atoms with Crippen molar-refractivity contribution in [1.29, 1.82) is 0 Å². The molecule has 6 atom stereocenters. The number of hydrogen-bond donors (Lipinski definition) is 6. The van der Waals surface area contributed by atoms with Gasteiger partial charge in [-0.1, -0.05) is 205 Å². The minimum atomic E-state index is -0.269. The molecule has 0 saturated carbocycles. The quantitative estimate of drug-likeness (QED) is 0.0452. The summed E-state index contributed by atoms with van der Waals surface area (Å²) in [6.45, 7) is 66.0. The van der Waals surface area contributed by atoms with Crippen LogP contribution < -0.4 is 32.3 Å². The van der Waals surface area contributed by atoms with Gasteiger partial charge < -0.3 is 32.3 Å². The number of carbonyl (C=O) groups excluding carboxylic acids is 6. The molecule has 6 amide bonds. The topological polar surface area (TPSA) is 189 Å². The summed E-state index contributed by atoms with van der Waals surface area (Å²) in [5.41, 5.74) is 4.55. The van der Waals surface area contributed by atoms with Crippen LogP contribution in [-0.2, 0) is 28.8 Å². The first-order valence-electron chi connectivity index (χ1n) is 32.0. The highest BCUT2D eigenvalue weighted by Crippen LogP contribution is 2.30. The largest absolute Gasteiger partial charge is 0.369 e. The van der Waals surface area contributed by atoms with Crippen molar-refractivity contribution in [2.24, 2.45) is 62.9 Å². The van der Waals surface area contributed by atoms with Gasteiger partial charge in [-0.2, -0.15) is 0 Å². The summed E-state index contributed by atoms with van der Waals surface area (Å²) in [6, 6.07) is 0. The summed E-state index contributed by atoms with van der Waals surface area (Å²) in [5, 5.41) is 15.4. The van der Waals surface area contributed by atoms with Gasteiger partial charge >= 0.3 is 0 Å². The summed E-state index contributed by atoms with van der Waals surface area (Å²) in [7, 11) is 0. The van der Waals surface area contributed by atoms with Crippen LogP contribution in [0, 0.1) is 57.2 Å². The van der Waals surface area contributed by atoms with Crippen LogP contribution >= 0.6 is 0 Å². The van der Waals surface area contributed by atoms with E-state index in [1.165, 1.54) is 44.9 Å². The predicted octanol–water partition coefficient (Wildman–Crippen LogP) is 16.7. The molecule has 0 aliphatic rings. The molecule has 0 aliphatic heterocycles. The first-order valence-corrected chi connectivity index (χ1v) is 32.0. The van der Waals surface area contributed by atoms with Crippen molar-refractivity contribution >= 4 is 35.4 Å². The maximum atomic E-state index is 12.1. The van der Waals surface area contributed by atoms with E-state index in [4.69, 9.17) is 5.73 Å². The van der Waals surface area contributed by atoms with Crippen molar-refractivity contribution in [2.45, 2.75) is 334 Å². The molecule has 0 spiro atoms. The van der Waals surface area contributed by atoms with Crippen LogP contribution in [0.1, 0.15) is 317 Å². The van der Waals surface area contributed by atoms with Crippen LogP contribution in [0.25, 0.3) is 0 Å². The van der Waals surface area contributed by atoms with Crippen LogP contribution in [-0.4, -0.2) is 65.1 Å². The molecule has 6 unspecified atom stereocenters. The molecule has 0 aliphatic carbocycles. The monoisotopic (exact) mass is 1140 g/mol. The van der Waals surface area contributed by atoms with Crippen molar-refractivity contribution in [3.8, 4) is 0 Å². The zero-order chi connectivity index (χ0) is 64.7. The van der Waals surface area contributed by atoms with Gasteiger partial charge in [0.25, 0.3) is 0 Å². The highest BCUT2D eigenvalue weighted by atomic mass is 16.2. The molecule has 0 saturated heterocycles. The number of unbranched alkanes of at least 4 members (excludes halogenated alkanes) is 2. The SMILES string of the molecule is CCC(C)(C)C(=O)NC(C)(C)CC(C)(C)C.CCC(C)C(=O)NC(C)(C)C.CCC(C)C(=O)NC(C)(C)CC(C)(C)C.CCC(C)C(N)=O.CCCCC(CC)CNC(=O)C(C)(C)CC.CCCCC(CC)CNC(=O)C(C)CC. The molecule has 0 radical (unpaired) electrons. The number of carbonyl (C=O) groups is 6. The third-order valence-electron chi connectivity index (χ3n) is 14.8. The molecule has 0 aromatic rings. The van der Waals surface area contributed by atoms with E-state index in [1.54, 1.807) is 0 Å². The smallest absolute Gasteiger partial charge is 0.226 e. The Morgan fingerprint density at radius 2 is 0.700 bits per heavy atom. The van der Waals surface area contributed by atoms with Crippen LogP contribution in [0.4, 0.5) is 0 Å². The van der Waals surface area contributed by atoms with Crippen LogP contribution in [0.2, 0.25) is 0 Å². The molecule has 80 heavy (non-hydrogen) atoms. The first-order chi connectivity index (χ1) is 36.1. The van der Waals surface area contributed by atoms with Gasteiger partial charge in [-0.25, -0.2) is 0 Å². The predicted molar refractivity (Wildman–Crippen MR) is 348 cm³/mol. The molecule has 0 fully saturated rings. The lowest BCUT2D eigenvalue weighted by Gasteiger charge is -2.36. The Balaban J connectivity index is -0.000000208. The summed E-state index contributed by atoms with van der Waals surface area (Å²) in [6.07, 6.45) is 17.1. The third kappa shape index (κ3) is 52.9. The van der Waals surface area contributed by atoms with Gasteiger partial charge in [0, 0.05) is 64.2 Å². The fourth-order valence-corrected chi connectivity index (χ4v) is 8.03. The molecular formula is C68H142N6O6. The van der Waals surface area contributed by atoms with Gasteiger partial charge in [0.1, 0.15) is 0 Å². The average molecular weight is 1140 g/mol. The molecule has 480 valence electrons. The van der Waals surface area contributed by atoms with E-state index in [0.29, 0.717) is 11.8 Å². The highest BCUT2D eigenvalue weighted by Gasteiger charge is 2.33. The maximum Gasteiger partial charge on any atom is 0.226 e. The average Bonchev–Trinajstić information content (AvgIpc) is 3.33. The normalized spacial score (nSPS) is 14.1. The van der Waals surface area contributed by atoms with Crippen molar-refractivity contribution < 1.29 is 28.8 Å². The van der Waals surface area contributed by atoms with Crippen LogP contribution in [0.15, 0.2) is 0 Å². The van der Waals surface area contributed by atoms with Gasteiger partial charge in [-0.15, -0.1) is 0 Å². The Kier molecular flexibility index (Phi) is 48.8. The van der Waals surface area contributed by atoms with Crippen molar-refractivity contribution in [1.82, 2.24) is 26.6 Å². The number of hydrogen-bond acceptors (Lipinski definition) is 6. The summed E-state index contributed by atoms with van der Waals surface area (Å²) in [4.78, 5) is 68.7. The molecular weight excluding hydrogens is 997 g/mol. The third-order valence-corrected chi connectivity index (χ3v) is 14.8. The highest BCUT2D eigenvalue weighted by molar-refractivity contribution is 5.83. The van der Waals surface area contributed by atoms with Crippen LogP contribution in [0.5, 0.6) is 0 Å². The second-order valence-electron chi connectivity index (χ2n) is 29.3. The van der Waals surface area contributed by atoms with E-state index in [1.807, 2.05) is 96.9 Å². The van der Waals surface area contributed by atoms with Gasteiger partial charge in [0.15, 0.2) is 0 Å². The maximum absolute atomic E-state index is 12.1. The molecule has 12 heteroatoms.